The number of carbonyl (C=O) groups is 1. The Morgan fingerprint density at radius 1 is 1.32 bits per heavy atom. The monoisotopic (exact) mass is 256 g/mol. The first kappa shape index (κ1) is 11.8. The summed E-state index contributed by atoms with van der Waals surface area (Å²) in [5, 5.41) is 2.09. The molecule has 0 saturated heterocycles. The number of H-pyrrole nitrogens is 1. The first-order valence-corrected chi connectivity index (χ1v) is 6.54. The zero-order valence-corrected chi connectivity index (χ0v) is 11.1. The number of nitrogens with one attached hydrogen (secondary N) is 1. The van der Waals surface area contributed by atoms with E-state index < -0.39 is 0 Å². The molecule has 2 aromatic heterocycles. The molecule has 4 nitrogen and oxygen atoms in total. The molecule has 1 amide bonds. The second-order valence-electron chi connectivity index (χ2n) is 4.49. The molecule has 4 heteroatoms. The highest BCUT2D eigenvalue weighted by Gasteiger charge is 2.18. The predicted octanol–water partition coefficient (Wildman–Crippen LogP) is 3.68. The minimum Gasteiger partial charge on any atom is -0.464 e. The van der Waals surface area contributed by atoms with Crippen molar-refractivity contribution in [3.05, 3.63) is 30.7 Å². The van der Waals surface area contributed by atoms with Crippen molar-refractivity contribution in [1.29, 1.82) is 0 Å². The van der Waals surface area contributed by atoms with Crippen LogP contribution in [0.3, 0.4) is 0 Å². The van der Waals surface area contributed by atoms with E-state index >= 15 is 0 Å². The summed E-state index contributed by atoms with van der Waals surface area (Å²) in [4.78, 5) is 17.1. The molecule has 3 rings (SSSR count). The van der Waals surface area contributed by atoms with Gasteiger partial charge in [-0.2, -0.15) is 0 Å². The minimum absolute atomic E-state index is 0.129. The Hall–Kier alpha value is -2.23. The van der Waals surface area contributed by atoms with Gasteiger partial charge in [-0.1, -0.05) is 6.92 Å². The number of aromatic amines is 1. The van der Waals surface area contributed by atoms with Crippen molar-refractivity contribution in [2.45, 2.75) is 20.3 Å². The van der Waals surface area contributed by atoms with Crippen molar-refractivity contribution in [2.75, 3.05) is 11.4 Å². The van der Waals surface area contributed by atoms with Gasteiger partial charge in [-0.15, -0.1) is 0 Å². The molecule has 3 aromatic rings. The zero-order chi connectivity index (χ0) is 13.4. The van der Waals surface area contributed by atoms with E-state index in [1.807, 2.05) is 43.1 Å². The predicted molar refractivity (Wildman–Crippen MR) is 76.4 cm³/mol. The first-order valence-electron chi connectivity index (χ1n) is 6.54. The zero-order valence-electron chi connectivity index (χ0n) is 11.1. The normalized spacial score (nSPS) is 11.3. The van der Waals surface area contributed by atoms with Crippen molar-refractivity contribution < 1.29 is 9.21 Å². The Labute approximate surface area is 111 Å². The summed E-state index contributed by atoms with van der Waals surface area (Å²) < 4.78 is 5.43. The molecule has 0 spiro atoms. The number of anilines is 1. The van der Waals surface area contributed by atoms with Crippen molar-refractivity contribution in [2.24, 2.45) is 0 Å². The average Bonchev–Trinajstić information content (AvgIpc) is 3.04. The van der Waals surface area contributed by atoms with Gasteiger partial charge in [0.25, 0.3) is 0 Å². The lowest BCUT2D eigenvalue weighted by atomic mass is 10.1. The summed E-state index contributed by atoms with van der Waals surface area (Å²) in [5.74, 6) is 0.129. The van der Waals surface area contributed by atoms with Gasteiger partial charge in [0.15, 0.2) is 0 Å². The van der Waals surface area contributed by atoms with Crippen LogP contribution in [-0.2, 0) is 4.79 Å². The lowest BCUT2D eigenvalue weighted by Crippen LogP contribution is -2.29. The minimum atomic E-state index is 0.129. The lowest BCUT2D eigenvalue weighted by molar-refractivity contribution is -0.118. The number of furan rings is 1. The second-order valence-corrected chi connectivity index (χ2v) is 4.49. The molecule has 0 unspecified atom stereocenters. The van der Waals surface area contributed by atoms with Crippen LogP contribution in [-0.4, -0.2) is 17.4 Å². The Kier molecular flexibility index (Phi) is 2.78. The number of hydrogen-bond acceptors (Lipinski definition) is 2. The Morgan fingerprint density at radius 3 is 2.89 bits per heavy atom. The fourth-order valence-electron chi connectivity index (χ4n) is 2.54. The standard InChI is InChI=1S/C15H16N2O2/c1-3-14(18)17(4-2)12-9-16-11-5-6-13-10(15(11)12)7-8-19-13/h5-9,16H,3-4H2,1-2H3. The number of benzene rings is 1. The topological polar surface area (TPSA) is 49.2 Å². The van der Waals surface area contributed by atoms with Gasteiger partial charge in [0, 0.05) is 35.5 Å². The summed E-state index contributed by atoms with van der Waals surface area (Å²) in [6.07, 6.45) is 4.08. The Morgan fingerprint density at radius 2 is 2.16 bits per heavy atom. The first-order chi connectivity index (χ1) is 9.26. The van der Waals surface area contributed by atoms with Crippen LogP contribution in [0.4, 0.5) is 5.69 Å². The van der Waals surface area contributed by atoms with Gasteiger partial charge in [0.1, 0.15) is 5.58 Å². The van der Waals surface area contributed by atoms with Crippen molar-refractivity contribution in [3.8, 4) is 0 Å². The molecule has 19 heavy (non-hydrogen) atoms. The number of carbonyl (C=O) groups excluding carboxylic acids is 1. The van der Waals surface area contributed by atoms with Crippen LogP contribution in [0, 0.1) is 0 Å². The van der Waals surface area contributed by atoms with Gasteiger partial charge in [-0.3, -0.25) is 4.79 Å². The van der Waals surface area contributed by atoms with E-state index in [1.165, 1.54) is 0 Å². The number of rotatable bonds is 3. The molecule has 0 saturated carbocycles. The fraction of sp³-hybridized carbons (Fsp3) is 0.267. The largest absolute Gasteiger partial charge is 0.464 e. The number of fused-ring (bicyclic) bond motifs is 3. The molecule has 0 bridgehead atoms. The number of nitrogens with zero attached hydrogens (tertiary/aromatic N) is 1. The van der Waals surface area contributed by atoms with Crippen LogP contribution < -0.4 is 4.90 Å². The van der Waals surface area contributed by atoms with E-state index in [2.05, 4.69) is 4.98 Å². The van der Waals surface area contributed by atoms with Crippen LogP contribution in [0.25, 0.3) is 21.9 Å². The Bertz CT molecular complexity index is 739. The van der Waals surface area contributed by atoms with Gasteiger partial charge in [0.2, 0.25) is 5.91 Å². The van der Waals surface area contributed by atoms with E-state index in [9.17, 15) is 4.79 Å². The van der Waals surface area contributed by atoms with Crippen LogP contribution in [0.5, 0.6) is 0 Å². The molecule has 0 aliphatic rings. The molecule has 0 atom stereocenters. The summed E-state index contributed by atoms with van der Waals surface area (Å²) >= 11 is 0. The van der Waals surface area contributed by atoms with Crippen molar-refractivity contribution in [1.82, 2.24) is 4.98 Å². The quantitative estimate of drug-likeness (QED) is 0.777. The van der Waals surface area contributed by atoms with Crippen LogP contribution in [0.1, 0.15) is 20.3 Å². The molecule has 2 heterocycles. The van der Waals surface area contributed by atoms with E-state index in [-0.39, 0.29) is 5.91 Å². The smallest absolute Gasteiger partial charge is 0.226 e. The maximum Gasteiger partial charge on any atom is 0.226 e. The van der Waals surface area contributed by atoms with Crippen molar-refractivity contribution >= 4 is 33.5 Å². The molecule has 0 aliphatic heterocycles. The number of hydrogen-bond donors (Lipinski definition) is 1. The molecular formula is C15H16N2O2. The van der Waals surface area contributed by atoms with Crippen LogP contribution in [0.2, 0.25) is 0 Å². The third kappa shape index (κ3) is 1.71. The third-order valence-electron chi connectivity index (χ3n) is 3.47. The second kappa shape index (κ2) is 4.46. The van der Waals surface area contributed by atoms with Crippen LogP contribution >= 0.6 is 0 Å². The highest BCUT2D eigenvalue weighted by molar-refractivity contribution is 6.14. The molecule has 1 N–H and O–H groups in total. The average molecular weight is 256 g/mol. The van der Waals surface area contributed by atoms with Gasteiger partial charge >= 0.3 is 0 Å². The molecule has 1 aromatic carbocycles. The number of amides is 1. The van der Waals surface area contributed by atoms with E-state index in [1.54, 1.807) is 6.26 Å². The summed E-state index contributed by atoms with van der Waals surface area (Å²) in [6, 6.07) is 5.87. The molecule has 0 fully saturated rings. The molecular weight excluding hydrogens is 240 g/mol. The summed E-state index contributed by atoms with van der Waals surface area (Å²) in [7, 11) is 0. The van der Waals surface area contributed by atoms with E-state index in [0.29, 0.717) is 13.0 Å². The van der Waals surface area contributed by atoms with E-state index in [4.69, 9.17) is 4.42 Å². The third-order valence-corrected chi connectivity index (χ3v) is 3.47. The van der Waals surface area contributed by atoms with E-state index in [0.717, 1.165) is 27.6 Å². The van der Waals surface area contributed by atoms with Gasteiger partial charge in [-0.25, -0.2) is 0 Å². The molecule has 0 radical (unpaired) electrons. The fourth-order valence-corrected chi connectivity index (χ4v) is 2.54. The molecule has 0 aliphatic carbocycles. The summed E-state index contributed by atoms with van der Waals surface area (Å²) in [6.45, 7) is 4.53. The maximum atomic E-state index is 12.0. The summed E-state index contributed by atoms with van der Waals surface area (Å²) in [5.41, 5.74) is 2.79. The van der Waals surface area contributed by atoms with Crippen molar-refractivity contribution in [3.63, 3.8) is 0 Å². The lowest BCUT2D eigenvalue weighted by Gasteiger charge is -2.19. The van der Waals surface area contributed by atoms with Crippen LogP contribution in [0.15, 0.2) is 35.1 Å². The Balaban J connectivity index is 2.28. The van der Waals surface area contributed by atoms with Gasteiger partial charge in [-0.05, 0) is 25.1 Å². The molecule has 98 valence electrons. The number of aromatic nitrogens is 1. The SMILES string of the molecule is CCC(=O)N(CC)c1c[nH]c2ccc3occc3c12. The van der Waals surface area contributed by atoms with Gasteiger partial charge < -0.3 is 14.3 Å². The maximum absolute atomic E-state index is 12.0. The van der Waals surface area contributed by atoms with Gasteiger partial charge in [0.05, 0.1) is 12.0 Å². The highest BCUT2D eigenvalue weighted by Crippen LogP contribution is 2.34. The highest BCUT2D eigenvalue weighted by atomic mass is 16.3.